The zero-order valence-electron chi connectivity index (χ0n) is 14.3. The molecule has 0 aliphatic rings. The monoisotopic (exact) mass is 385 g/mol. The fourth-order valence-corrected chi connectivity index (χ4v) is 4.68. The third-order valence-corrected chi connectivity index (χ3v) is 6.39. The molecule has 0 radical (unpaired) electrons. The summed E-state index contributed by atoms with van der Waals surface area (Å²) in [5.41, 5.74) is 0. The number of rotatable bonds is 10. The van der Waals surface area contributed by atoms with Gasteiger partial charge in [-0.15, -0.1) is 11.3 Å². The largest absolute Gasteiger partial charge is 0.497 e. The summed E-state index contributed by atoms with van der Waals surface area (Å²) in [5, 5.41) is 11.2. The van der Waals surface area contributed by atoms with Crippen LogP contribution in [0.15, 0.2) is 40.6 Å². The van der Waals surface area contributed by atoms with Gasteiger partial charge in [0.05, 0.1) is 14.2 Å². The van der Waals surface area contributed by atoms with E-state index in [9.17, 15) is 13.5 Å². The molecule has 0 aliphatic heterocycles. The molecule has 8 heteroatoms. The van der Waals surface area contributed by atoms with Gasteiger partial charge in [-0.3, -0.25) is 0 Å². The predicted molar refractivity (Wildman–Crippen MR) is 98.1 cm³/mol. The maximum atomic E-state index is 12.6. The number of methoxy groups -OCH3 is 2. The van der Waals surface area contributed by atoms with Gasteiger partial charge in [0.2, 0.25) is 10.0 Å². The second-order valence-corrected chi connectivity index (χ2v) is 8.14. The maximum Gasteiger partial charge on any atom is 0.244 e. The molecule has 0 unspecified atom stereocenters. The second-order valence-electron chi connectivity index (χ2n) is 5.43. The van der Waals surface area contributed by atoms with E-state index >= 15 is 0 Å². The Morgan fingerprint density at radius 1 is 1.20 bits per heavy atom. The highest BCUT2D eigenvalue weighted by Crippen LogP contribution is 2.29. The van der Waals surface area contributed by atoms with E-state index in [1.54, 1.807) is 23.5 Å². The van der Waals surface area contributed by atoms with Crippen molar-refractivity contribution in [2.45, 2.75) is 23.7 Å². The zero-order valence-corrected chi connectivity index (χ0v) is 15.9. The molecule has 0 saturated carbocycles. The van der Waals surface area contributed by atoms with Gasteiger partial charge in [-0.25, -0.2) is 13.1 Å². The molecule has 0 amide bonds. The molecule has 0 spiro atoms. The van der Waals surface area contributed by atoms with E-state index in [0.29, 0.717) is 18.6 Å². The lowest BCUT2D eigenvalue weighted by Gasteiger charge is -2.16. The van der Waals surface area contributed by atoms with Crippen molar-refractivity contribution in [2.75, 3.05) is 27.4 Å². The van der Waals surface area contributed by atoms with E-state index in [2.05, 4.69) is 4.72 Å². The number of aliphatic hydroxyl groups is 1. The Labute approximate surface area is 152 Å². The maximum absolute atomic E-state index is 12.6. The summed E-state index contributed by atoms with van der Waals surface area (Å²) in [4.78, 5) is 1.19. The van der Waals surface area contributed by atoms with E-state index in [4.69, 9.17) is 9.47 Å². The molecular weight excluding hydrogens is 362 g/mol. The lowest BCUT2D eigenvalue weighted by atomic mass is 10.0. The number of sulfonamides is 1. The Kier molecular flexibility index (Phi) is 7.24. The second kappa shape index (κ2) is 9.19. The average Bonchev–Trinajstić information content (AvgIpc) is 3.14. The molecule has 0 saturated heterocycles. The average molecular weight is 386 g/mol. The smallest absolute Gasteiger partial charge is 0.244 e. The first-order valence-corrected chi connectivity index (χ1v) is 10.2. The van der Waals surface area contributed by atoms with Gasteiger partial charge < -0.3 is 14.6 Å². The number of hydrogen-bond donors (Lipinski definition) is 2. The molecule has 2 aromatic rings. The summed E-state index contributed by atoms with van der Waals surface area (Å²) in [6, 6.07) is 8.60. The van der Waals surface area contributed by atoms with Gasteiger partial charge in [0, 0.05) is 24.1 Å². The molecule has 6 nitrogen and oxygen atoms in total. The van der Waals surface area contributed by atoms with Gasteiger partial charge in [0.25, 0.3) is 0 Å². The molecule has 1 aromatic heterocycles. The van der Waals surface area contributed by atoms with Crippen molar-refractivity contribution in [3.63, 3.8) is 0 Å². The number of nitrogens with one attached hydrogen (secondary N) is 1. The predicted octanol–water partition coefficient (Wildman–Crippen LogP) is 2.60. The molecule has 138 valence electrons. The third kappa shape index (κ3) is 5.18. The number of hydrogen-bond acceptors (Lipinski definition) is 6. The molecule has 2 rings (SSSR count). The standard InChI is InChI=1S/C17H23NO5S2/c1-22-14-5-6-15(23-2)17(12-14)25(20,21)18-9-7-13(8-10-19)16-4-3-11-24-16/h3-6,11-13,18-19H,7-10H2,1-2H3/t13-/m1/s1. The van der Waals surface area contributed by atoms with E-state index in [-0.39, 0.29) is 29.7 Å². The van der Waals surface area contributed by atoms with Crippen LogP contribution >= 0.6 is 11.3 Å². The Morgan fingerprint density at radius 2 is 2.00 bits per heavy atom. The summed E-state index contributed by atoms with van der Waals surface area (Å²) >= 11 is 1.61. The van der Waals surface area contributed by atoms with Crippen LogP contribution in [0.5, 0.6) is 11.5 Å². The van der Waals surface area contributed by atoms with Crippen molar-refractivity contribution >= 4 is 21.4 Å². The van der Waals surface area contributed by atoms with Crippen LogP contribution in [0.4, 0.5) is 0 Å². The van der Waals surface area contributed by atoms with Crippen LogP contribution in [0.3, 0.4) is 0 Å². The van der Waals surface area contributed by atoms with E-state index in [0.717, 1.165) is 4.88 Å². The summed E-state index contributed by atoms with van der Waals surface area (Å²) < 4.78 is 38.1. The highest BCUT2D eigenvalue weighted by atomic mass is 32.2. The van der Waals surface area contributed by atoms with Gasteiger partial charge in [0.15, 0.2) is 0 Å². The lowest BCUT2D eigenvalue weighted by Crippen LogP contribution is -2.26. The number of aliphatic hydroxyl groups excluding tert-OH is 1. The molecule has 1 aromatic carbocycles. The van der Waals surface area contributed by atoms with Crippen LogP contribution in [0, 0.1) is 0 Å². The van der Waals surface area contributed by atoms with Crippen LogP contribution in [0.25, 0.3) is 0 Å². The minimum atomic E-state index is -3.73. The van der Waals surface area contributed by atoms with E-state index < -0.39 is 10.0 Å². The summed E-state index contributed by atoms with van der Waals surface area (Å²) in [6.45, 7) is 0.338. The third-order valence-electron chi connectivity index (χ3n) is 3.87. The Bertz CT molecular complexity index is 759. The van der Waals surface area contributed by atoms with Crippen LogP contribution in [-0.2, 0) is 10.0 Å². The van der Waals surface area contributed by atoms with Crippen LogP contribution in [-0.4, -0.2) is 40.9 Å². The van der Waals surface area contributed by atoms with Crippen molar-refractivity contribution in [3.8, 4) is 11.5 Å². The van der Waals surface area contributed by atoms with Crippen LogP contribution in [0.2, 0.25) is 0 Å². The van der Waals surface area contributed by atoms with Crippen LogP contribution in [0.1, 0.15) is 23.6 Å². The highest BCUT2D eigenvalue weighted by molar-refractivity contribution is 7.89. The SMILES string of the molecule is COc1ccc(OC)c(S(=O)(=O)NCC[C@H](CCO)c2cccs2)c1. The first-order chi connectivity index (χ1) is 12.0. The van der Waals surface area contributed by atoms with Gasteiger partial charge in [-0.05, 0) is 42.3 Å². The normalized spacial score (nSPS) is 12.8. The Morgan fingerprint density at radius 3 is 2.60 bits per heavy atom. The van der Waals surface area contributed by atoms with Gasteiger partial charge >= 0.3 is 0 Å². The summed E-state index contributed by atoms with van der Waals surface area (Å²) in [5.74, 6) is 0.830. The first-order valence-electron chi connectivity index (χ1n) is 7.87. The van der Waals surface area contributed by atoms with Crippen LogP contribution < -0.4 is 14.2 Å². The summed E-state index contributed by atoms with van der Waals surface area (Å²) in [6.07, 6.45) is 1.21. The zero-order chi connectivity index (χ0) is 18.3. The fourth-order valence-electron chi connectivity index (χ4n) is 2.55. The van der Waals surface area contributed by atoms with Crippen molar-refractivity contribution in [3.05, 3.63) is 40.6 Å². The first kappa shape index (κ1) is 19.7. The quantitative estimate of drug-likeness (QED) is 0.657. The fraction of sp³-hybridized carbons (Fsp3) is 0.412. The Balaban J connectivity index is 2.08. The van der Waals surface area contributed by atoms with E-state index in [1.807, 2.05) is 17.5 Å². The topological polar surface area (TPSA) is 84.9 Å². The number of ether oxygens (including phenoxy) is 2. The van der Waals surface area contributed by atoms with Gasteiger partial charge in [-0.2, -0.15) is 0 Å². The molecule has 1 heterocycles. The molecule has 1 atom stereocenters. The number of benzene rings is 1. The molecule has 0 aliphatic carbocycles. The summed E-state index contributed by atoms with van der Waals surface area (Å²) in [7, 11) is -0.825. The van der Waals surface area contributed by atoms with Gasteiger partial charge in [-0.1, -0.05) is 6.07 Å². The van der Waals surface area contributed by atoms with Crippen molar-refractivity contribution in [1.29, 1.82) is 0 Å². The molecule has 0 fully saturated rings. The minimum Gasteiger partial charge on any atom is -0.497 e. The molecule has 25 heavy (non-hydrogen) atoms. The lowest BCUT2D eigenvalue weighted by molar-refractivity contribution is 0.273. The van der Waals surface area contributed by atoms with Crippen molar-refractivity contribution in [1.82, 2.24) is 4.72 Å². The van der Waals surface area contributed by atoms with E-state index in [1.165, 1.54) is 20.3 Å². The molecule has 2 N–H and O–H groups in total. The van der Waals surface area contributed by atoms with Crippen molar-refractivity contribution < 1.29 is 23.0 Å². The van der Waals surface area contributed by atoms with Gasteiger partial charge in [0.1, 0.15) is 16.4 Å². The Hall–Kier alpha value is -1.61. The minimum absolute atomic E-state index is 0.0455. The number of thiophene rings is 1. The molecular formula is C17H23NO5S2. The highest BCUT2D eigenvalue weighted by Gasteiger charge is 2.21. The van der Waals surface area contributed by atoms with Crippen molar-refractivity contribution in [2.24, 2.45) is 0 Å². The molecule has 0 bridgehead atoms.